The first-order valence-corrected chi connectivity index (χ1v) is 26.6. The Morgan fingerprint density at radius 1 is 0.521 bits per heavy atom. The number of aliphatic hydroxyl groups is 8. The Bertz CT molecular complexity index is 1600. The second-order valence-electron chi connectivity index (χ2n) is 18.3. The average molecular weight is 1000 g/mol. The summed E-state index contributed by atoms with van der Waals surface area (Å²) in [5.74, 6) is -0.277. The van der Waals surface area contributed by atoms with Crippen LogP contribution in [-0.4, -0.2) is 140 Å². The lowest BCUT2D eigenvalue weighted by atomic mass is 9.97. The van der Waals surface area contributed by atoms with E-state index in [1.807, 2.05) is 6.08 Å². The molecule has 2 fully saturated rings. The third kappa shape index (κ3) is 28.6. The molecule has 0 saturated carbocycles. The van der Waals surface area contributed by atoms with E-state index in [-0.39, 0.29) is 18.9 Å². The highest BCUT2D eigenvalue weighted by molar-refractivity contribution is 5.76. The third-order valence-corrected chi connectivity index (χ3v) is 12.2. The van der Waals surface area contributed by atoms with Gasteiger partial charge in [-0.05, 0) is 89.9 Å². The minimum atomic E-state index is -1.80. The molecule has 71 heavy (non-hydrogen) atoms. The first-order valence-electron chi connectivity index (χ1n) is 26.6. The molecule has 2 aliphatic heterocycles. The number of carbonyl (C=O) groups is 1. The fraction of sp³-hybridized carbons (Fsp3) is 0.667. The lowest BCUT2D eigenvalue weighted by molar-refractivity contribution is -0.359. The summed E-state index contributed by atoms with van der Waals surface area (Å²) >= 11 is 0. The van der Waals surface area contributed by atoms with Gasteiger partial charge in [-0.15, -0.1) is 0 Å². The molecule has 14 heteroatoms. The van der Waals surface area contributed by atoms with Crippen LogP contribution < -0.4 is 5.32 Å². The summed E-state index contributed by atoms with van der Waals surface area (Å²) in [6, 6.07) is -0.948. The van der Waals surface area contributed by atoms with Crippen molar-refractivity contribution in [1.82, 2.24) is 5.32 Å². The zero-order valence-corrected chi connectivity index (χ0v) is 42.9. The van der Waals surface area contributed by atoms with E-state index >= 15 is 0 Å². The van der Waals surface area contributed by atoms with Crippen LogP contribution in [0.3, 0.4) is 0 Å². The van der Waals surface area contributed by atoms with Gasteiger partial charge in [0.15, 0.2) is 12.6 Å². The first-order chi connectivity index (χ1) is 34.6. The van der Waals surface area contributed by atoms with E-state index in [1.165, 1.54) is 19.3 Å². The maximum absolute atomic E-state index is 13.2. The van der Waals surface area contributed by atoms with E-state index in [0.29, 0.717) is 12.8 Å². The second kappa shape index (κ2) is 42.1. The van der Waals surface area contributed by atoms with Crippen LogP contribution in [0.25, 0.3) is 0 Å². The molecule has 12 unspecified atom stereocenters. The van der Waals surface area contributed by atoms with Gasteiger partial charge in [-0.3, -0.25) is 4.79 Å². The number of amides is 1. The van der Waals surface area contributed by atoms with Gasteiger partial charge in [-0.2, -0.15) is 0 Å². The Balaban J connectivity index is 1.77. The number of aliphatic hydroxyl groups excluding tert-OH is 8. The molecule has 2 rings (SSSR count). The summed E-state index contributed by atoms with van der Waals surface area (Å²) in [5, 5.41) is 86.6. The number of hydrogen-bond donors (Lipinski definition) is 9. The van der Waals surface area contributed by atoms with E-state index in [2.05, 4.69) is 116 Å². The number of unbranched alkanes of at least 4 members (excludes halogenated alkanes) is 10. The second-order valence-corrected chi connectivity index (χ2v) is 18.3. The number of hydrogen-bond acceptors (Lipinski definition) is 13. The molecular formula is C57H93NO13. The molecular weight excluding hydrogens is 907 g/mol. The number of nitrogens with one attached hydrogen (secondary N) is 1. The first kappa shape index (κ1) is 63.8. The van der Waals surface area contributed by atoms with Crippen molar-refractivity contribution in [2.45, 2.75) is 222 Å². The molecule has 0 aliphatic carbocycles. The molecule has 0 bridgehead atoms. The highest BCUT2D eigenvalue weighted by Gasteiger charge is 2.51. The van der Waals surface area contributed by atoms with E-state index in [1.54, 1.807) is 6.08 Å². The van der Waals surface area contributed by atoms with Crippen LogP contribution >= 0.6 is 0 Å². The largest absolute Gasteiger partial charge is 0.394 e. The topological polar surface area (TPSA) is 228 Å². The molecule has 14 nitrogen and oxygen atoms in total. The molecule has 0 aromatic heterocycles. The highest BCUT2D eigenvalue weighted by Crippen LogP contribution is 2.30. The fourth-order valence-corrected chi connectivity index (χ4v) is 7.87. The molecule has 0 spiro atoms. The summed E-state index contributed by atoms with van der Waals surface area (Å²) in [5.41, 5.74) is 0. The SMILES string of the molecule is CC/C=C\C/C=C\C/C=C\C/C=C\C/C=C\C/C=C\C/C=C\CCCCCCCC(=O)NC(COC1OC(CO)C(OC2OC(CO)C(O)C(O)C2O)C(O)C1O)C(O)/C=C/CC/C=C/CCCCCC. The van der Waals surface area contributed by atoms with Gasteiger partial charge in [0, 0.05) is 6.42 Å². The van der Waals surface area contributed by atoms with Gasteiger partial charge >= 0.3 is 0 Å². The minimum Gasteiger partial charge on any atom is -0.394 e. The van der Waals surface area contributed by atoms with Crippen molar-refractivity contribution >= 4 is 5.91 Å². The maximum atomic E-state index is 13.2. The predicted octanol–water partition coefficient (Wildman–Crippen LogP) is 7.71. The Morgan fingerprint density at radius 2 is 0.986 bits per heavy atom. The quantitative estimate of drug-likeness (QED) is 0.0213. The van der Waals surface area contributed by atoms with Crippen molar-refractivity contribution in [1.29, 1.82) is 0 Å². The molecule has 9 N–H and O–H groups in total. The third-order valence-electron chi connectivity index (χ3n) is 12.2. The van der Waals surface area contributed by atoms with Gasteiger partial charge in [0.05, 0.1) is 32.0 Å². The fourth-order valence-electron chi connectivity index (χ4n) is 7.87. The number of allylic oxidation sites excluding steroid dienone is 17. The predicted molar refractivity (Wildman–Crippen MR) is 281 cm³/mol. The van der Waals surface area contributed by atoms with Gasteiger partial charge in [0.25, 0.3) is 0 Å². The van der Waals surface area contributed by atoms with E-state index in [4.69, 9.17) is 18.9 Å². The van der Waals surface area contributed by atoms with Gasteiger partial charge in [0.2, 0.25) is 5.91 Å². The summed E-state index contributed by atoms with van der Waals surface area (Å²) in [7, 11) is 0. The van der Waals surface area contributed by atoms with E-state index in [0.717, 1.165) is 96.3 Å². The van der Waals surface area contributed by atoms with Gasteiger partial charge in [-0.1, -0.05) is 162 Å². The summed E-state index contributed by atoms with van der Waals surface area (Å²) in [6.07, 6.45) is 41.4. The zero-order valence-electron chi connectivity index (χ0n) is 42.9. The van der Waals surface area contributed by atoms with Gasteiger partial charge in [-0.25, -0.2) is 0 Å². The lowest BCUT2D eigenvalue weighted by Gasteiger charge is -2.46. The van der Waals surface area contributed by atoms with Crippen molar-refractivity contribution in [2.75, 3.05) is 19.8 Å². The Labute approximate surface area is 425 Å². The Kier molecular flexibility index (Phi) is 37.8. The monoisotopic (exact) mass is 1000 g/mol. The van der Waals surface area contributed by atoms with Crippen LogP contribution in [-0.2, 0) is 23.7 Å². The van der Waals surface area contributed by atoms with Crippen LogP contribution in [0.4, 0.5) is 0 Å². The molecule has 404 valence electrons. The van der Waals surface area contributed by atoms with Gasteiger partial charge in [0.1, 0.15) is 48.8 Å². The van der Waals surface area contributed by atoms with Crippen LogP contribution in [0.2, 0.25) is 0 Å². The van der Waals surface area contributed by atoms with Gasteiger partial charge < -0.3 is 65.1 Å². The van der Waals surface area contributed by atoms with E-state index < -0.39 is 86.8 Å². The number of ether oxygens (including phenoxy) is 4. The molecule has 0 aromatic rings. The molecule has 0 aromatic carbocycles. The normalized spacial score (nSPS) is 26.7. The minimum absolute atomic E-state index is 0.243. The van der Waals surface area contributed by atoms with Crippen molar-refractivity contribution in [2.24, 2.45) is 0 Å². The van der Waals surface area contributed by atoms with Crippen LogP contribution in [0.5, 0.6) is 0 Å². The van der Waals surface area contributed by atoms with Crippen molar-refractivity contribution in [3.63, 3.8) is 0 Å². The van der Waals surface area contributed by atoms with Crippen molar-refractivity contribution in [3.05, 3.63) is 109 Å². The Hall–Kier alpha value is -3.35. The summed E-state index contributed by atoms with van der Waals surface area (Å²) < 4.78 is 22.6. The lowest BCUT2D eigenvalue weighted by Crippen LogP contribution is -2.65. The highest BCUT2D eigenvalue weighted by atomic mass is 16.7. The molecule has 2 heterocycles. The zero-order chi connectivity index (χ0) is 51.7. The molecule has 1 amide bonds. The summed E-state index contributed by atoms with van der Waals surface area (Å²) in [4.78, 5) is 13.2. The molecule has 2 aliphatic rings. The van der Waals surface area contributed by atoms with Crippen LogP contribution in [0.1, 0.15) is 149 Å². The summed E-state index contributed by atoms with van der Waals surface area (Å²) in [6.45, 7) is 2.57. The Morgan fingerprint density at radius 3 is 1.55 bits per heavy atom. The molecule has 2 saturated heterocycles. The molecule has 0 radical (unpaired) electrons. The smallest absolute Gasteiger partial charge is 0.220 e. The average Bonchev–Trinajstić information content (AvgIpc) is 3.37. The van der Waals surface area contributed by atoms with E-state index in [9.17, 15) is 45.6 Å². The van der Waals surface area contributed by atoms with Crippen molar-refractivity contribution < 1.29 is 64.6 Å². The maximum Gasteiger partial charge on any atom is 0.220 e. The van der Waals surface area contributed by atoms with Crippen LogP contribution in [0, 0.1) is 0 Å². The van der Waals surface area contributed by atoms with Crippen LogP contribution in [0.15, 0.2) is 109 Å². The number of rotatable bonds is 39. The van der Waals surface area contributed by atoms with Crippen molar-refractivity contribution in [3.8, 4) is 0 Å². The standard InChI is InChI=1S/C57H93NO13/c1-3-5-7-9-11-13-15-16-17-18-19-20-21-22-23-24-25-26-27-28-29-30-31-33-35-37-39-41-49(62)58-45(46(61)40-38-36-34-32-14-12-10-8-6-4-2)44-68-56-54(67)52(65)55(48(43-60)70-56)71-57-53(66)51(64)50(63)47(42-59)69-57/h5,7,11,13-14,16-17,19-20,22-23,25-26,28-29,32,38,40,45-48,50-57,59-61,63-67H,3-4,6,8-10,12,15,18,21,24,27,30-31,33-37,39,41-44H2,1-2H3,(H,58,62)/b7-5-,13-11-,17-16-,20-19-,23-22-,26-25-,29-28-,32-14+,40-38+. The number of carbonyl (C=O) groups excluding carboxylic acids is 1. The molecule has 12 atom stereocenters.